The number of nitrogens with one attached hydrogen (secondary N) is 1. The molecule has 8 nitrogen and oxygen atoms in total. The molecule has 4 atom stereocenters. The second kappa shape index (κ2) is 13.3. The first-order chi connectivity index (χ1) is 22.0. The summed E-state index contributed by atoms with van der Waals surface area (Å²) in [5.41, 5.74) is 0.405. The lowest BCUT2D eigenvalue weighted by Crippen LogP contribution is -2.64. The van der Waals surface area contributed by atoms with Gasteiger partial charge in [-0.3, -0.25) is 0 Å². The van der Waals surface area contributed by atoms with Gasteiger partial charge in [0, 0.05) is 24.7 Å². The molecule has 0 bridgehead atoms. The maximum absolute atomic E-state index is 12.9. The fraction of sp³-hybridized carbons (Fsp3) is 0.514. The molecule has 3 aromatic carbocycles. The zero-order valence-electron chi connectivity index (χ0n) is 27.8. The Morgan fingerprint density at radius 3 is 2.15 bits per heavy atom. The van der Waals surface area contributed by atoms with Crippen LogP contribution in [0.3, 0.4) is 0 Å². The van der Waals surface area contributed by atoms with Gasteiger partial charge >= 0.3 is 0 Å². The zero-order valence-corrected chi connectivity index (χ0v) is 29.2. The van der Waals surface area contributed by atoms with E-state index in [1.165, 1.54) is 0 Å². The molecule has 9 heteroatoms. The predicted molar refractivity (Wildman–Crippen MR) is 181 cm³/mol. The van der Waals surface area contributed by atoms with Crippen LogP contribution in [0.5, 0.6) is 11.5 Å². The average molecular weight is 648 g/mol. The van der Waals surface area contributed by atoms with E-state index >= 15 is 0 Å². The maximum atomic E-state index is 12.9. The standard InChI is InChI=1S/C37H49NO7Si/c1-34(2,3)46-45-37(26-12-8-6-9-13-26,27-14-10-7-11-15-27)33-36(39,19-18-29(43-33)23-30-24-42-35(4,5)44-30)25-38-28-16-17-31-32(22-28)41-21-20-40-31/h6-17,22,29-30,33,38-39H,18-21,23-25,46H2,1-5H3/t29-,30?,33+,36+/m0/s1. The van der Waals surface area contributed by atoms with E-state index in [0.29, 0.717) is 44.8 Å². The number of ether oxygens (including phenoxy) is 5. The quantitative estimate of drug-likeness (QED) is 0.261. The van der Waals surface area contributed by atoms with Gasteiger partial charge in [0.2, 0.25) is 0 Å². The summed E-state index contributed by atoms with van der Waals surface area (Å²) < 4.78 is 38.2. The van der Waals surface area contributed by atoms with Crippen molar-refractivity contribution < 1.29 is 33.2 Å². The number of anilines is 1. The largest absolute Gasteiger partial charge is 0.486 e. The van der Waals surface area contributed by atoms with Crippen LogP contribution in [0.15, 0.2) is 78.9 Å². The van der Waals surface area contributed by atoms with Gasteiger partial charge in [0.1, 0.15) is 30.5 Å². The second-order valence-corrected chi connectivity index (χ2v) is 17.2. The number of benzene rings is 3. The van der Waals surface area contributed by atoms with Crippen molar-refractivity contribution in [1.29, 1.82) is 0 Å². The van der Waals surface area contributed by atoms with E-state index < -0.39 is 32.9 Å². The summed E-state index contributed by atoms with van der Waals surface area (Å²) in [7, 11) is -1.15. The first-order valence-corrected chi connectivity index (χ1v) is 17.8. The van der Waals surface area contributed by atoms with E-state index in [2.05, 4.69) is 50.4 Å². The number of aliphatic hydroxyl groups is 1. The highest BCUT2D eigenvalue weighted by molar-refractivity contribution is 6.32. The Morgan fingerprint density at radius 1 is 0.891 bits per heavy atom. The van der Waals surface area contributed by atoms with E-state index in [1.54, 1.807) is 0 Å². The monoisotopic (exact) mass is 647 g/mol. The molecule has 3 aliphatic heterocycles. The summed E-state index contributed by atoms with van der Waals surface area (Å²) in [6.45, 7) is 12.4. The van der Waals surface area contributed by atoms with Crippen LogP contribution >= 0.6 is 0 Å². The van der Waals surface area contributed by atoms with Crippen molar-refractivity contribution in [1.82, 2.24) is 0 Å². The van der Waals surface area contributed by atoms with Crippen molar-refractivity contribution in [3.63, 3.8) is 0 Å². The Labute approximate surface area is 275 Å². The fourth-order valence-corrected chi connectivity index (χ4v) is 7.90. The maximum Gasteiger partial charge on any atom is 0.168 e. The molecule has 248 valence electrons. The van der Waals surface area contributed by atoms with Crippen molar-refractivity contribution in [2.45, 2.75) is 94.2 Å². The molecule has 6 rings (SSSR count). The van der Waals surface area contributed by atoms with Crippen molar-refractivity contribution in [2.24, 2.45) is 0 Å². The molecule has 3 aliphatic rings. The smallest absolute Gasteiger partial charge is 0.168 e. The first-order valence-electron chi connectivity index (χ1n) is 16.5. The normalized spacial score (nSPS) is 26.3. The van der Waals surface area contributed by atoms with Gasteiger partial charge < -0.3 is 38.5 Å². The van der Waals surface area contributed by atoms with Gasteiger partial charge in [-0.25, -0.2) is 0 Å². The molecule has 3 aromatic rings. The van der Waals surface area contributed by atoms with Gasteiger partial charge in [0.05, 0.1) is 18.8 Å². The van der Waals surface area contributed by atoms with E-state index in [0.717, 1.165) is 22.6 Å². The van der Waals surface area contributed by atoms with Gasteiger partial charge in [0.15, 0.2) is 27.0 Å². The van der Waals surface area contributed by atoms with Gasteiger partial charge in [0.25, 0.3) is 0 Å². The van der Waals surface area contributed by atoms with E-state index in [1.807, 2.05) is 68.4 Å². The molecule has 3 heterocycles. The fourth-order valence-electron chi connectivity index (χ4n) is 6.75. The van der Waals surface area contributed by atoms with Gasteiger partial charge in [-0.1, -0.05) is 81.4 Å². The first kappa shape index (κ1) is 33.0. The molecule has 1 unspecified atom stereocenters. The van der Waals surface area contributed by atoms with Crippen LogP contribution in [0.25, 0.3) is 0 Å². The van der Waals surface area contributed by atoms with Crippen LogP contribution in [-0.4, -0.2) is 70.9 Å². The molecule has 2 N–H and O–H groups in total. The molecule has 2 saturated heterocycles. The van der Waals surface area contributed by atoms with Crippen LogP contribution in [0.1, 0.15) is 65.0 Å². The molecule has 46 heavy (non-hydrogen) atoms. The lowest BCUT2D eigenvalue weighted by atomic mass is 9.71. The number of fused-ring (bicyclic) bond motifs is 1. The van der Waals surface area contributed by atoms with Gasteiger partial charge in [-0.15, -0.1) is 0 Å². The van der Waals surface area contributed by atoms with Crippen LogP contribution in [0, 0.1) is 0 Å². The zero-order chi connectivity index (χ0) is 32.4. The van der Waals surface area contributed by atoms with E-state index in [4.69, 9.17) is 28.1 Å². The van der Waals surface area contributed by atoms with Gasteiger partial charge in [-0.05, 0) is 55.0 Å². The van der Waals surface area contributed by atoms with Crippen molar-refractivity contribution in [3.05, 3.63) is 90.0 Å². The average Bonchev–Trinajstić information content (AvgIpc) is 3.40. The van der Waals surface area contributed by atoms with Crippen LogP contribution < -0.4 is 14.8 Å². The number of hydrogen-bond donors (Lipinski definition) is 2. The second-order valence-electron chi connectivity index (χ2n) is 14.5. The van der Waals surface area contributed by atoms with Crippen LogP contribution in [0.4, 0.5) is 5.69 Å². The summed E-state index contributed by atoms with van der Waals surface area (Å²) in [4.78, 5) is 0. The van der Waals surface area contributed by atoms with Crippen LogP contribution in [0.2, 0.25) is 5.04 Å². The Hall–Kier alpha value is -2.92. The Bertz CT molecular complexity index is 1410. The van der Waals surface area contributed by atoms with E-state index in [9.17, 15) is 5.11 Å². The highest BCUT2D eigenvalue weighted by Gasteiger charge is 2.57. The van der Waals surface area contributed by atoms with Crippen molar-refractivity contribution in [3.8, 4) is 11.5 Å². The molecule has 0 saturated carbocycles. The topological polar surface area (TPSA) is 87.6 Å². The van der Waals surface area contributed by atoms with Crippen LogP contribution in [-0.2, 0) is 24.2 Å². The molecular formula is C37H49NO7Si. The molecule has 0 spiro atoms. The highest BCUT2D eigenvalue weighted by atomic mass is 28.2. The minimum Gasteiger partial charge on any atom is -0.486 e. The molecule has 0 radical (unpaired) electrons. The lowest BCUT2D eigenvalue weighted by molar-refractivity contribution is -0.230. The number of hydrogen-bond acceptors (Lipinski definition) is 8. The minimum absolute atomic E-state index is 0.00887. The summed E-state index contributed by atoms with van der Waals surface area (Å²) in [5.74, 6) is 0.807. The summed E-state index contributed by atoms with van der Waals surface area (Å²) in [5, 5.41) is 16.4. The van der Waals surface area contributed by atoms with Crippen molar-refractivity contribution in [2.75, 3.05) is 31.7 Å². The predicted octanol–water partition coefficient (Wildman–Crippen LogP) is 5.95. The summed E-state index contributed by atoms with van der Waals surface area (Å²) >= 11 is 0. The third-order valence-electron chi connectivity index (χ3n) is 8.96. The Balaban J connectivity index is 1.41. The SMILES string of the molecule is CC1(C)OCC(C[C@@H]2CC[C@@](O)(CNc3ccc4c(c3)OCCO4)[C@H](C(O[SiH2]C(C)(C)C)(c3ccccc3)c3ccccc3)O2)O1. The third kappa shape index (κ3) is 7.30. The third-order valence-corrected chi connectivity index (χ3v) is 10.4. The molecule has 0 aliphatic carbocycles. The number of rotatable bonds is 10. The Kier molecular flexibility index (Phi) is 9.54. The van der Waals surface area contributed by atoms with E-state index in [-0.39, 0.29) is 23.8 Å². The molecular weight excluding hydrogens is 598 g/mol. The Morgan fingerprint density at radius 2 is 1.54 bits per heavy atom. The molecule has 2 fully saturated rings. The molecule has 0 aromatic heterocycles. The van der Waals surface area contributed by atoms with Crippen molar-refractivity contribution >= 4 is 15.5 Å². The molecule has 0 amide bonds. The highest BCUT2D eigenvalue weighted by Crippen LogP contribution is 2.48. The minimum atomic E-state index is -1.30. The lowest BCUT2D eigenvalue weighted by Gasteiger charge is -2.53. The summed E-state index contributed by atoms with van der Waals surface area (Å²) in [6, 6.07) is 26.4. The summed E-state index contributed by atoms with van der Waals surface area (Å²) in [6.07, 6.45) is 0.871. The van der Waals surface area contributed by atoms with Gasteiger partial charge in [-0.2, -0.15) is 0 Å².